The lowest BCUT2D eigenvalue weighted by Gasteiger charge is -2.10. The van der Waals surface area contributed by atoms with Crippen LogP contribution in [0.5, 0.6) is 0 Å². The van der Waals surface area contributed by atoms with E-state index in [0.717, 1.165) is 33.4 Å². The van der Waals surface area contributed by atoms with Crippen LogP contribution in [-0.4, -0.2) is 21.4 Å². The molecule has 0 saturated heterocycles. The van der Waals surface area contributed by atoms with Gasteiger partial charge in [-0.1, -0.05) is 53.4 Å². The molecule has 0 radical (unpaired) electrons. The van der Waals surface area contributed by atoms with Crippen LogP contribution >= 0.6 is 23.1 Å². The summed E-state index contributed by atoms with van der Waals surface area (Å²) in [6, 6.07) is 14.3. The molecule has 1 aliphatic rings. The van der Waals surface area contributed by atoms with E-state index in [4.69, 9.17) is 0 Å². The summed E-state index contributed by atoms with van der Waals surface area (Å²) < 4.78 is 13.8. The van der Waals surface area contributed by atoms with Crippen LogP contribution in [0.3, 0.4) is 0 Å². The van der Waals surface area contributed by atoms with Gasteiger partial charge in [-0.2, -0.15) is 0 Å². The quantitative estimate of drug-likeness (QED) is 0.727. The van der Waals surface area contributed by atoms with Gasteiger partial charge in [-0.15, -0.1) is 10.2 Å². The maximum Gasteiger partial charge on any atom is 0.237 e. The lowest BCUT2D eigenvalue weighted by molar-refractivity contribution is -0.115. The second kappa shape index (κ2) is 7.55. The van der Waals surface area contributed by atoms with Gasteiger partial charge in [0, 0.05) is 12.1 Å². The number of nitrogens with zero attached hydrogens (tertiary/aromatic N) is 2. The van der Waals surface area contributed by atoms with Gasteiger partial charge in [-0.3, -0.25) is 4.79 Å². The van der Waals surface area contributed by atoms with E-state index >= 15 is 0 Å². The van der Waals surface area contributed by atoms with E-state index in [2.05, 4.69) is 21.6 Å². The molecule has 0 fully saturated rings. The molecule has 132 valence electrons. The zero-order valence-electron chi connectivity index (χ0n) is 13.8. The molecule has 26 heavy (non-hydrogen) atoms. The Morgan fingerprint density at radius 1 is 1.15 bits per heavy atom. The normalized spacial score (nSPS) is 16.7. The standard InChI is InChI=1S/C19H16FN3OS2/c20-14-8-5-12(6-9-14)11-17-22-23-19(26-17)25-16-10-7-13-3-1-2-4-15(13)21-18(16)24/h1-6,8-9,16H,7,10-11H2,(H,21,24)/t16-/m1/s1. The molecule has 2 aromatic carbocycles. The zero-order valence-corrected chi connectivity index (χ0v) is 15.4. The molecule has 1 aliphatic heterocycles. The van der Waals surface area contributed by atoms with Gasteiger partial charge in [0.15, 0.2) is 4.34 Å². The summed E-state index contributed by atoms with van der Waals surface area (Å²) in [6.07, 6.45) is 2.23. The van der Waals surface area contributed by atoms with Gasteiger partial charge in [-0.25, -0.2) is 4.39 Å². The number of benzene rings is 2. The van der Waals surface area contributed by atoms with Crippen molar-refractivity contribution in [2.45, 2.75) is 28.9 Å². The Hall–Kier alpha value is -2.25. The topological polar surface area (TPSA) is 54.9 Å². The van der Waals surface area contributed by atoms with Crippen LogP contribution < -0.4 is 5.32 Å². The average molecular weight is 385 g/mol. The van der Waals surface area contributed by atoms with Crippen LogP contribution in [-0.2, 0) is 17.6 Å². The summed E-state index contributed by atoms with van der Waals surface area (Å²) in [7, 11) is 0. The van der Waals surface area contributed by atoms with Gasteiger partial charge in [0.25, 0.3) is 0 Å². The predicted octanol–water partition coefficient (Wildman–Crippen LogP) is 4.31. The highest BCUT2D eigenvalue weighted by atomic mass is 32.2. The van der Waals surface area contributed by atoms with E-state index in [9.17, 15) is 9.18 Å². The Kier molecular flexibility index (Phi) is 4.99. The van der Waals surface area contributed by atoms with Crippen LogP contribution in [0.4, 0.5) is 10.1 Å². The van der Waals surface area contributed by atoms with Crippen molar-refractivity contribution in [3.63, 3.8) is 0 Å². The zero-order chi connectivity index (χ0) is 17.9. The van der Waals surface area contributed by atoms with Crippen molar-refractivity contribution in [1.82, 2.24) is 10.2 Å². The monoisotopic (exact) mass is 385 g/mol. The lowest BCUT2D eigenvalue weighted by Crippen LogP contribution is -2.23. The molecule has 1 aromatic heterocycles. The molecule has 4 rings (SSSR count). The van der Waals surface area contributed by atoms with Crippen LogP contribution in [0.15, 0.2) is 52.9 Å². The first-order chi connectivity index (χ1) is 12.7. The molecule has 1 N–H and O–H groups in total. The molecule has 7 heteroatoms. The lowest BCUT2D eigenvalue weighted by atomic mass is 10.1. The number of carbonyl (C=O) groups is 1. The smallest absolute Gasteiger partial charge is 0.237 e. The second-order valence-electron chi connectivity index (χ2n) is 6.06. The summed E-state index contributed by atoms with van der Waals surface area (Å²) in [5, 5.41) is 12.1. The number of rotatable bonds is 4. The highest BCUT2D eigenvalue weighted by molar-refractivity contribution is 8.02. The molecule has 4 nitrogen and oxygen atoms in total. The molecule has 2 heterocycles. The number of hydrogen-bond donors (Lipinski definition) is 1. The number of amides is 1. The van der Waals surface area contributed by atoms with E-state index in [0.29, 0.717) is 6.42 Å². The second-order valence-corrected chi connectivity index (χ2v) is 8.57. The molecule has 0 spiro atoms. The number of aryl methyl sites for hydroxylation is 1. The van der Waals surface area contributed by atoms with Crippen molar-refractivity contribution >= 4 is 34.7 Å². The highest BCUT2D eigenvalue weighted by Crippen LogP contribution is 2.33. The summed E-state index contributed by atoms with van der Waals surface area (Å²) >= 11 is 2.95. The third-order valence-corrected chi connectivity index (χ3v) is 6.48. The number of halogens is 1. The number of fused-ring (bicyclic) bond motifs is 1. The molecule has 0 bridgehead atoms. The summed E-state index contributed by atoms with van der Waals surface area (Å²) in [6.45, 7) is 0. The molecular formula is C19H16FN3OS2. The van der Waals surface area contributed by atoms with Crippen LogP contribution in [0, 0.1) is 5.82 Å². The van der Waals surface area contributed by atoms with E-state index in [1.165, 1.54) is 40.8 Å². The minimum absolute atomic E-state index is 0.00948. The fourth-order valence-electron chi connectivity index (χ4n) is 2.86. The van der Waals surface area contributed by atoms with Crippen LogP contribution in [0.2, 0.25) is 0 Å². The molecule has 1 amide bonds. The molecule has 1 atom stereocenters. The predicted molar refractivity (Wildman–Crippen MR) is 102 cm³/mol. The van der Waals surface area contributed by atoms with Crippen molar-refractivity contribution in [2.75, 3.05) is 5.32 Å². The average Bonchev–Trinajstić information content (AvgIpc) is 3.01. The Morgan fingerprint density at radius 2 is 1.96 bits per heavy atom. The van der Waals surface area contributed by atoms with Gasteiger partial charge in [0.2, 0.25) is 5.91 Å². The van der Waals surface area contributed by atoms with E-state index in [1.54, 1.807) is 12.1 Å². The highest BCUT2D eigenvalue weighted by Gasteiger charge is 2.25. The number of hydrogen-bond acceptors (Lipinski definition) is 5. The fraction of sp³-hybridized carbons (Fsp3) is 0.211. The molecular weight excluding hydrogens is 369 g/mol. The number of anilines is 1. The van der Waals surface area contributed by atoms with Gasteiger partial charge >= 0.3 is 0 Å². The maximum absolute atomic E-state index is 13.0. The van der Waals surface area contributed by atoms with Crippen molar-refractivity contribution in [2.24, 2.45) is 0 Å². The molecule has 3 aromatic rings. The van der Waals surface area contributed by atoms with E-state index in [1.807, 2.05) is 18.2 Å². The first-order valence-corrected chi connectivity index (χ1v) is 9.99. The van der Waals surface area contributed by atoms with Gasteiger partial charge < -0.3 is 5.32 Å². The number of para-hydroxylation sites is 1. The maximum atomic E-state index is 13.0. The Bertz CT molecular complexity index is 927. The van der Waals surface area contributed by atoms with Crippen molar-refractivity contribution in [1.29, 1.82) is 0 Å². The van der Waals surface area contributed by atoms with Crippen molar-refractivity contribution in [3.8, 4) is 0 Å². The molecule has 0 unspecified atom stereocenters. The Morgan fingerprint density at radius 3 is 2.81 bits per heavy atom. The summed E-state index contributed by atoms with van der Waals surface area (Å²) in [4.78, 5) is 12.5. The Balaban J connectivity index is 1.42. The fourth-order valence-corrected chi connectivity index (χ4v) is 5.03. The molecule has 0 saturated carbocycles. The Labute approximate surface area is 158 Å². The van der Waals surface area contributed by atoms with E-state index < -0.39 is 0 Å². The van der Waals surface area contributed by atoms with Gasteiger partial charge in [0.05, 0.1) is 5.25 Å². The van der Waals surface area contributed by atoms with E-state index in [-0.39, 0.29) is 17.0 Å². The minimum Gasteiger partial charge on any atom is -0.325 e. The van der Waals surface area contributed by atoms with Crippen molar-refractivity contribution < 1.29 is 9.18 Å². The summed E-state index contributed by atoms with van der Waals surface area (Å²) in [5.74, 6) is -0.238. The largest absolute Gasteiger partial charge is 0.325 e. The van der Waals surface area contributed by atoms with Gasteiger partial charge in [0.1, 0.15) is 10.8 Å². The number of thioether (sulfide) groups is 1. The summed E-state index contributed by atoms with van der Waals surface area (Å²) in [5.41, 5.74) is 3.05. The van der Waals surface area contributed by atoms with Crippen LogP contribution in [0.1, 0.15) is 22.6 Å². The van der Waals surface area contributed by atoms with Gasteiger partial charge in [-0.05, 0) is 42.2 Å². The number of nitrogens with one attached hydrogen (secondary N) is 1. The number of aromatic nitrogens is 2. The number of carbonyl (C=O) groups excluding carboxylic acids is 1. The van der Waals surface area contributed by atoms with Crippen LogP contribution in [0.25, 0.3) is 0 Å². The first-order valence-electron chi connectivity index (χ1n) is 8.29. The first kappa shape index (κ1) is 17.2. The third-order valence-electron chi connectivity index (χ3n) is 4.20. The molecule has 0 aliphatic carbocycles. The third kappa shape index (κ3) is 3.94. The van der Waals surface area contributed by atoms with Crippen molar-refractivity contribution in [3.05, 3.63) is 70.5 Å². The SMILES string of the molecule is O=C1Nc2ccccc2CC[C@H]1Sc1nnc(Cc2ccc(F)cc2)s1. The minimum atomic E-state index is -0.248.